The minimum Gasteiger partial charge on any atom is -0.495 e. The van der Waals surface area contributed by atoms with E-state index in [-0.39, 0.29) is 4.90 Å². The molecule has 102 valence electrons. The molecule has 0 atom stereocenters. The van der Waals surface area contributed by atoms with Crippen molar-refractivity contribution in [2.24, 2.45) is 7.05 Å². The summed E-state index contributed by atoms with van der Waals surface area (Å²) < 4.78 is 30.1. The van der Waals surface area contributed by atoms with Gasteiger partial charge in [0.25, 0.3) is 0 Å². The number of hydrogen-bond donors (Lipinski definition) is 1. The van der Waals surface area contributed by atoms with Crippen molar-refractivity contribution in [3.05, 3.63) is 24.4 Å². The van der Waals surface area contributed by atoms with E-state index >= 15 is 0 Å². The number of sulfone groups is 1. The van der Waals surface area contributed by atoms with Gasteiger partial charge in [0.05, 0.1) is 13.3 Å². The van der Waals surface area contributed by atoms with Crippen LogP contribution >= 0.6 is 0 Å². The molecule has 1 heterocycles. The van der Waals surface area contributed by atoms with Crippen LogP contribution in [0.15, 0.2) is 29.3 Å². The number of anilines is 1. The Labute approximate surface area is 111 Å². The van der Waals surface area contributed by atoms with E-state index in [9.17, 15) is 8.42 Å². The van der Waals surface area contributed by atoms with E-state index in [0.29, 0.717) is 22.7 Å². The fraction of sp³-hybridized carbons (Fsp3) is 0.250. The molecule has 0 aliphatic rings. The molecule has 0 bridgehead atoms. The monoisotopic (exact) mass is 281 g/mol. The highest BCUT2D eigenvalue weighted by molar-refractivity contribution is 7.90. The van der Waals surface area contributed by atoms with E-state index in [1.54, 1.807) is 31.4 Å². The van der Waals surface area contributed by atoms with Gasteiger partial charge in [-0.1, -0.05) is 6.07 Å². The Morgan fingerprint density at radius 1 is 1.37 bits per heavy atom. The molecule has 0 aliphatic heterocycles. The Morgan fingerprint density at radius 2 is 2.05 bits per heavy atom. The maximum absolute atomic E-state index is 11.8. The number of aromatic nitrogens is 2. The molecule has 0 saturated carbocycles. The van der Waals surface area contributed by atoms with E-state index in [1.165, 1.54) is 11.8 Å². The fourth-order valence-electron chi connectivity index (χ4n) is 1.80. The summed E-state index contributed by atoms with van der Waals surface area (Å²) in [5, 5.41) is 4.04. The summed E-state index contributed by atoms with van der Waals surface area (Å²) in [5.74, 6) is 0.790. The maximum atomic E-state index is 11.8. The highest BCUT2D eigenvalue weighted by atomic mass is 32.2. The fourth-order valence-corrected chi connectivity index (χ4v) is 2.66. The lowest BCUT2D eigenvalue weighted by Crippen LogP contribution is -2.02. The second kappa shape index (κ2) is 4.58. The van der Waals surface area contributed by atoms with E-state index in [1.807, 2.05) is 0 Å². The Morgan fingerprint density at radius 3 is 2.53 bits per heavy atom. The van der Waals surface area contributed by atoms with E-state index in [4.69, 9.17) is 10.5 Å². The van der Waals surface area contributed by atoms with Crippen LogP contribution in [0.4, 0.5) is 5.82 Å². The Balaban J connectivity index is 2.65. The zero-order chi connectivity index (χ0) is 14.2. The second-order valence-corrected chi connectivity index (χ2v) is 6.19. The molecular weight excluding hydrogens is 266 g/mol. The zero-order valence-corrected chi connectivity index (χ0v) is 11.7. The van der Waals surface area contributed by atoms with Gasteiger partial charge in [-0.2, -0.15) is 5.10 Å². The second-order valence-electron chi connectivity index (χ2n) is 4.20. The van der Waals surface area contributed by atoms with Crippen LogP contribution in [-0.4, -0.2) is 31.6 Å². The molecule has 19 heavy (non-hydrogen) atoms. The molecule has 2 aromatic rings. The number of nitrogens with two attached hydrogens (primary N) is 1. The summed E-state index contributed by atoms with van der Waals surface area (Å²) in [5.41, 5.74) is 7.26. The van der Waals surface area contributed by atoms with E-state index in [0.717, 1.165) is 6.26 Å². The van der Waals surface area contributed by atoms with Gasteiger partial charge in [0.1, 0.15) is 16.5 Å². The largest absolute Gasteiger partial charge is 0.495 e. The number of methoxy groups -OCH3 is 1. The van der Waals surface area contributed by atoms with Gasteiger partial charge >= 0.3 is 0 Å². The van der Waals surface area contributed by atoms with Crippen molar-refractivity contribution in [2.75, 3.05) is 19.1 Å². The third kappa shape index (κ3) is 2.41. The molecule has 0 saturated heterocycles. The summed E-state index contributed by atoms with van der Waals surface area (Å²) in [4.78, 5) is 0.135. The van der Waals surface area contributed by atoms with Crippen molar-refractivity contribution in [1.29, 1.82) is 0 Å². The van der Waals surface area contributed by atoms with Crippen molar-refractivity contribution in [1.82, 2.24) is 9.78 Å². The summed E-state index contributed by atoms with van der Waals surface area (Å²) in [6.45, 7) is 0. The van der Waals surface area contributed by atoms with Crippen LogP contribution in [0.2, 0.25) is 0 Å². The van der Waals surface area contributed by atoms with Gasteiger partial charge in [-0.05, 0) is 17.7 Å². The number of nitrogen functional groups attached to an aromatic ring is 1. The van der Waals surface area contributed by atoms with Gasteiger partial charge in [0, 0.05) is 18.9 Å². The minimum absolute atomic E-state index is 0.135. The SMILES string of the molecule is COc1ccc(-c2cnn(C)c2N)cc1S(C)(=O)=O. The van der Waals surface area contributed by atoms with Crippen molar-refractivity contribution >= 4 is 15.7 Å². The molecule has 0 unspecified atom stereocenters. The van der Waals surface area contributed by atoms with Crippen LogP contribution in [0.1, 0.15) is 0 Å². The molecular formula is C12H15N3O3S. The smallest absolute Gasteiger partial charge is 0.179 e. The molecule has 7 heteroatoms. The van der Waals surface area contributed by atoms with Gasteiger partial charge in [-0.3, -0.25) is 4.68 Å². The van der Waals surface area contributed by atoms with Crippen molar-refractivity contribution in [3.8, 4) is 16.9 Å². The lowest BCUT2D eigenvalue weighted by atomic mass is 10.1. The Kier molecular flexibility index (Phi) is 3.23. The van der Waals surface area contributed by atoms with Crippen molar-refractivity contribution in [3.63, 3.8) is 0 Å². The number of hydrogen-bond acceptors (Lipinski definition) is 5. The molecule has 0 amide bonds. The normalized spacial score (nSPS) is 11.5. The van der Waals surface area contributed by atoms with Gasteiger partial charge in [0.15, 0.2) is 9.84 Å². The summed E-state index contributed by atoms with van der Waals surface area (Å²) in [6, 6.07) is 4.90. The minimum atomic E-state index is -3.38. The van der Waals surface area contributed by atoms with Crippen LogP contribution in [-0.2, 0) is 16.9 Å². The molecule has 6 nitrogen and oxygen atoms in total. The highest BCUT2D eigenvalue weighted by Crippen LogP contribution is 2.32. The first-order valence-electron chi connectivity index (χ1n) is 5.50. The third-order valence-corrected chi connectivity index (χ3v) is 3.98. The number of ether oxygens (including phenoxy) is 1. The maximum Gasteiger partial charge on any atom is 0.179 e. The average Bonchev–Trinajstić information content (AvgIpc) is 2.68. The van der Waals surface area contributed by atoms with Gasteiger partial charge in [0.2, 0.25) is 0 Å². The number of aryl methyl sites for hydroxylation is 1. The van der Waals surface area contributed by atoms with Crippen LogP contribution in [0.3, 0.4) is 0 Å². The Hall–Kier alpha value is -2.02. The first-order chi connectivity index (χ1) is 8.84. The first-order valence-corrected chi connectivity index (χ1v) is 7.39. The van der Waals surface area contributed by atoms with Crippen LogP contribution < -0.4 is 10.5 Å². The lowest BCUT2D eigenvalue weighted by Gasteiger charge is -2.09. The van der Waals surface area contributed by atoms with Crippen molar-refractivity contribution < 1.29 is 13.2 Å². The average molecular weight is 281 g/mol. The molecule has 0 aliphatic carbocycles. The standard InChI is InChI=1S/C12H15N3O3S/c1-15-12(13)9(7-14-15)8-4-5-10(18-2)11(6-8)19(3,16)17/h4-7H,13H2,1-3H3. The molecule has 1 aromatic heterocycles. The number of nitrogens with zero attached hydrogens (tertiary/aromatic N) is 2. The predicted octanol–water partition coefficient (Wildman–Crippen LogP) is 1.08. The quantitative estimate of drug-likeness (QED) is 0.909. The molecule has 0 spiro atoms. The van der Waals surface area contributed by atoms with Gasteiger partial charge in [-0.25, -0.2) is 8.42 Å². The summed E-state index contributed by atoms with van der Waals surface area (Å²) >= 11 is 0. The summed E-state index contributed by atoms with van der Waals surface area (Å²) in [7, 11) is -0.220. The zero-order valence-electron chi connectivity index (χ0n) is 10.9. The molecule has 2 rings (SSSR count). The highest BCUT2D eigenvalue weighted by Gasteiger charge is 2.17. The van der Waals surface area contributed by atoms with Crippen molar-refractivity contribution in [2.45, 2.75) is 4.90 Å². The topological polar surface area (TPSA) is 87.2 Å². The van der Waals surface area contributed by atoms with Crippen LogP contribution in [0.25, 0.3) is 11.1 Å². The van der Waals surface area contributed by atoms with Crippen LogP contribution in [0.5, 0.6) is 5.75 Å². The lowest BCUT2D eigenvalue weighted by molar-refractivity contribution is 0.403. The van der Waals surface area contributed by atoms with Gasteiger partial charge < -0.3 is 10.5 Å². The van der Waals surface area contributed by atoms with Gasteiger partial charge in [-0.15, -0.1) is 0 Å². The molecule has 0 radical (unpaired) electrons. The van der Waals surface area contributed by atoms with E-state index < -0.39 is 9.84 Å². The third-order valence-electron chi connectivity index (χ3n) is 2.86. The Bertz CT molecular complexity index is 720. The number of benzene rings is 1. The molecule has 2 N–H and O–H groups in total. The number of rotatable bonds is 3. The first kappa shape index (κ1) is 13.4. The van der Waals surface area contributed by atoms with Crippen LogP contribution in [0, 0.1) is 0 Å². The molecule has 1 aromatic carbocycles. The summed E-state index contributed by atoms with van der Waals surface area (Å²) in [6.07, 6.45) is 2.74. The van der Waals surface area contributed by atoms with E-state index in [2.05, 4.69) is 5.10 Å². The molecule has 0 fully saturated rings. The predicted molar refractivity (Wildman–Crippen MR) is 72.7 cm³/mol.